The summed E-state index contributed by atoms with van der Waals surface area (Å²) < 4.78 is 4.95. The van der Waals surface area contributed by atoms with Gasteiger partial charge in [-0.3, -0.25) is 4.90 Å². The van der Waals surface area contributed by atoms with Crippen LogP contribution in [0.1, 0.15) is 17.5 Å². The zero-order valence-corrected chi connectivity index (χ0v) is 18.6. The molecular formula is C26H25NO4S. The first-order valence-corrected chi connectivity index (χ1v) is 11.7. The highest BCUT2D eigenvalue weighted by atomic mass is 32.2. The molecule has 3 aromatic rings. The first-order chi connectivity index (χ1) is 15.5. The molecule has 0 bridgehead atoms. The van der Waals surface area contributed by atoms with Crippen LogP contribution in [0.5, 0.6) is 0 Å². The smallest absolute Gasteiger partial charge is 0.410 e. The summed E-state index contributed by atoms with van der Waals surface area (Å²) in [5.41, 5.74) is 4.09. The summed E-state index contributed by atoms with van der Waals surface area (Å²) in [6.45, 7) is 0.393. The summed E-state index contributed by atoms with van der Waals surface area (Å²) in [4.78, 5) is 26.2. The summed E-state index contributed by atoms with van der Waals surface area (Å²) in [5, 5.41) is 9.83. The number of amides is 1. The largest absolute Gasteiger partial charge is 0.480 e. The number of carbonyl (C=O) groups excluding carboxylic acids is 1. The second-order valence-electron chi connectivity index (χ2n) is 7.87. The maximum absolute atomic E-state index is 12.8. The minimum Gasteiger partial charge on any atom is -0.480 e. The van der Waals surface area contributed by atoms with Gasteiger partial charge in [0.15, 0.2) is 0 Å². The Kier molecular flexibility index (Phi) is 6.51. The van der Waals surface area contributed by atoms with Crippen molar-refractivity contribution in [3.05, 3.63) is 96.1 Å². The third-order valence-electron chi connectivity index (χ3n) is 5.96. The highest BCUT2D eigenvalue weighted by Crippen LogP contribution is 2.46. The number of likely N-dealkylation sites (tertiary alicyclic amines) is 1. The SMILES string of the molecule is CS[C@@]1(c2ccc(-c3ccccc3)cc2)C[C@@H](C(=O)O)N(C(=O)OCc2ccccc2)C1. The van der Waals surface area contributed by atoms with E-state index in [2.05, 4.69) is 24.3 Å². The summed E-state index contributed by atoms with van der Waals surface area (Å²) in [5.74, 6) is -1.02. The number of ether oxygens (including phenoxy) is 1. The Bertz CT molecular complexity index is 1070. The number of hydrogen-bond donors (Lipinski definition) is 1. The molecule has 1 aliphatic heterocycles. The molecule has 6 heteroatoms. The predicted octanol–water partition coefficient (Wildman–Crippen LogP) is 5.41. The van der Waals surface area contributed by atoms with E-state index in [1.165, 1.54) is 4.90 Å². The quantitative estimate of drug-likeness (QED) is 0.547. The molecule has 1 saturated heterocycles. The fraction of sp³-hybridized carbons (Fsp3) is 0.231. The number of carboxylic acids is 1. The van der Waals surface area contributed by atoms with Gasteiger partial charge in [0, 0.05) is 6.54 Å². The predicted molar refractivity (Wildman–Crippen MR) is 126 cm³/mol. The number of rotatable bonds is 6. The Morgan fingerprint density at radius 1 is 0.969 bits per heavy atom. The Hall–Kier alpha value is -3.25. The highest BCUT2D eigenvalue weighted by molar-refractivity contribution is 7.99. The van der Waals surface area contributed by atoms with Crippen LogP contribution in [0, 0.1) is 0 Å². The Balaban J connectivity index is 1.55. The second kappa shape index (κ2) is 9.49. The summed E-state index contributed by atoms with van der Waals surface area (Å²) in [7, 11) is 0. The lowest BCUT2D eigenvalue weighted by molar-refractivity contribution is -0.141. The molecule has 2 atom stereocenters. The van der Waals surface area contributed by atoms with Crippen molar-refractivity contribution < 1.29 is 19.4 Å². The molecule has 1 heterocycles. The van der Waals surface area contributed by atoms with Gasteiger partial charge in [0.25, 0.3) is 0 Å². The molecule has 0 saturated carbocycles. The number of carboxylic acid groups (broad SMARTS) is 1. The fourth-order valence-corrected chi connectivity index (χ4v) is 5.12. The third-order valence-corrected chi connectivity index (χ3v) is 7.27. The van der Waals surface area contributed by atoms with E-state index >= 15 is 0 Å². The Labute approximate surface area is 192 Å². The molecule has 32 heavy (non-hydrogen) atoms. The highest BCUT2D eigenvalue weighted by Gasteiger charge is 2.50. The van der Waals surface area contributed by atoms with Crippen molar-refractivity contribution in [2.45, 2.75) is 23.8 Å². The van der Waals surface area contributed by atoms with Crippen molar-refractivity contribution in [3.63, 3.8) is 0 Å². The molecule has 1 fully saturated rings. The van der Waals surface area contributed by atoms with Gasteiger partial charge < -0.3 is 9.84 Å². The van der Waals surface area contributed by atoms with Gasteiger partial charge in [-0.05, 0) is 34.9 Å². The molecule has 5 nitrogen and oxygen atoms in total. The number of thioether (sulfide) groups is 1. The minimum absolute atomic E-state index is 0.112. The summed E-state index contributed by atoms with van der Waals surface area (Å²) >= 11 is 1.58. The number of hydrogen-bond acceptors (Lipinski definition) is 4. The van der Waals surface area contributed by atoms with Crippen molar-refractivity contribution in [2.24, 2.45) is 0 Å². The number of benzene rings is 3. The first-order valence-electron chi connectivity index (χ1n) is 10.4. The van der Waals surface area contributed by atoms with E-state index in [1.54, 1.807) is 11.8 Å². The molecule has 3 aromatic carbocycles. The fourth-order valence-electron chi connectivity index (χ4n) is 4.16. The standard InChI is InChI=1S/C26H25NO4S/c1-32-26(22-14-12-21(13-15-22)20-10-6-3-7-11-20)16-23(24(28)29)27(18-26)25(30)31-17-19-8-4-2-5-9-19/h2-15,23H,16-18H2,1H3,(H,28,29)/t23-,26-/m0/s1. The van der Waals surface area contributed by atoms with E-state index in [-0.39, 0.29) is 13.2 Å². The van der Waals surface area contributed by atoms with E-state index in [0.717, 1.165) is 22.3 Å². The van der Waals surface area contributed by atoms with Crippen LogP contribution < -0.4 is 0 Å². The average Bonchev–Trinajstić information content (AvgIpc) is 3.26. The van der Waals surface area contributed by atoms with Gasteiger partial charge in [-0.15, -0.1) is 0 Å². The molecule has 1 aliphatic rings. The van der Waals surface area contributed by atoms with E-state index in [9.17, 15) is 14.7 Å². The van der Waals surface area contributed by atoms with E-state index < -0.39 is 22.9 Å². The number of nitrogens with zero attached hydrogens (tertiary/aromatic N) is 1. The maximum Gasteiger partial charge on any atom is 0.410 e. The lowest BCUT2D eigenvalue weighted by Gasteiger charge is -2.28. The molecule has 0 radical (unpaired) electrons. The number of carbonyl (C=O) groups is 2. The zero-order chi connectivity index (χ0) is 22.6. The van der Waals surface area contributed by atoms with Gasteiger partial charge in [0.2, 0.25) is 0 Å². The average molecular weight is 448 g/mol. The van der Waals surface area contributed by atoms with Gasteiger partial charge in [0.1, 0.15) is 12.6 Å². The molecular weight excluding hydrogens is 422 g/mol. The molecule has 164 valence electrons. The van der Waals surface area contributed by atoms with Crippen LogP contribution >= 0.6 is 11.8 Å². The van der Waals surface area contributed by atoms with Gasteiger partial charge >= 0.3 is 12.1 Å². The molecule has 1 amide bonds. The maximum atomic E-state index is 12.8. The van der Waals surface area contributed by atoms with Crippen LogP contribution in [-0.2, 0) is 20.9 Å². The van der Waals surface area contributed by atoms with Crippen molar-refractivity contribution in [1.29, 1.82) is 0 Å². The van der Waals surface area contributed by atoms with Crippen LogP contribution in [-0.4, -0.2) is 40.9 Å². The van der Waals surface area contributed by atoms with Crippen LogP contribution in [0.25, 0.3) is 11.1 Å². The van der Waals surface area contributed by atoms with E-state index in [0.29, 0.717) is 6.42 Å². The summed E-state index contributed by atoms with van der Waals surface area (Å²) in [6, 6.07) is 26.7. The Morgan fingerprint density at radius 3 is 2.16 bits per heavy atom. The molecule has 0 aliphatic carbocycles. The van der Waals surface area contributed by atoms with E-state index in [4.69, 9.17) is 4.74 Å². The van der Waals surface area contributed by atoms with Gasteiger partial charge in [-0.25, -0.2) is 9.59 Å². The minimum atomic E-state index is -1.02. The van der Waals surface area contributed by atoms with E-state index in [1.807, 2.05) is 66.9 Å². The van der Waals surface area contributed by atoms with Gasteiger partial charge in [0.05, 0.1) is 4.75 Å². The lowest BCUT2D eigenvalue weighted by atomic mass is 9.93. The zero-order valence-electron chi connectivity index (χ0n) is 17.8. The third kappa shape index (κ3) is 4.50. The van der Waals surface area contributed by atoms with Crippen LogP contribution in [0.4, 0.5) is 4.79 Å². The first kappa shape index (κ1) is 22.0. The van der Waals surface area contributed by atoms with Crippen LogP contribution in [0.15, 0.2) is 84.9 Å². The topological polar surface area (TPSA) is 66.8 Å². The molecule has 0 unspecified atom stereocenters. The lowest BCUT2D eigenvalue weighted by Crippen LogP contribution is -2.41. The number of aliphatic carboxylic acids is 1. The molecule has 0 spiro atoms. The van der Waals surface area contributed by atoms with Gasteiger partial charge in [-0.1, -0.05) is 84.9 Å². The van der Waals surface area contributed by atoms with Crippen molar-refractivity contribution in [3.8, 4) is 11.1 Å². The van der Waals surface area contributed by atoms with Crippen molar-refractivity contribution in [1.82, 2.24) is 4.90 Å². The Morgan fingerprint density at radius 2 is 1.56 bits per heavy atom. The molecule has 0 aromatic heterocycles. The van der Waals surface area contributed by atoms with Crippen molar-refractivity contribution >= 4 is 23.8 Å². The molecule has 4 rings (SSSR count). The normalized spacial score (nSPS) is 20.2. The van der Waals surface area contributed by atoms with Gasteiger partial charge in [-0.2, -0.15) is 11.8 Å². The second-order valence-corrected chi connectivity index (χ2v) is 9.06. The van der Waals surface area contributed by atoms with Crippen LogP contribution in [0.2, 0.25) is 0 Å². The molecule has 1 N–H and O–H groups in total. The monoisotopic (exact) mass is 447 g/mol. The van der Waals surface area contributed by atoms with Crippen LogP contribution in [0.3, 0.4) is 0 Å². The summed E-state index contributed by atoms with van der Waals surface area (Å²) in [6.07, 6.45) is 1.69. The van der Waals surface area contributed by atoms with Crippen molar-refractivity contribution in [2.75, 3.05) is 12.8 Å².